The zero-order valence-electron chi connectivity index (χ0n) is 31.6. The van der Waals surface area contributed by atoms with Gasteiger partial charge in [-0.05, 0) is 109 Å². The molecular weight excluding hydrogens is 687 g/mol. The Kier molecular flexibility index (Phi) is 8.95. The summed E-state index contributed by atoms with van der Waals surface area (Å²) in [6, 6.07) is 31.7. The topological polar surface area (TPSA) is 89.3 Å². The van der Waals surface area contributed by atoms with E-state index in [1.807, 2.05) is 32.9 Å². The number of nitrogens with zero attached hydrogens (tertiary/aromatic N) is 5. The SMILES string of the molecule is C[C@@H]1Cc2ccccc2CN1C(=O)c1cc2c(cc1-c1cc(C(=O)N(C)c3ccc(O)cc3)c3n1CCCC3)CCN(C(=O)N1CC(c3ccccc3)C1)C2. The van der Waals surface area contributed by atoms with Crippen LogP contribution in [0.25, 0.3) is 11.3 Å². The van der Waals surface area contributed by atoms with Crippen molar-refractivity contribution in [2.45, 2.75) is 70.6 Å². The van der Waals surface area contributed by atoms with Crippen LogP contribution in [0.2, 0.25) is 0 Å². The molecule has 0 saturated carbocycles. The highest BCUT2D eigenvalue weighted by Crippen LogP contribution is 2.38. The zero-order valence-corrected chi connectivity index (χ0v) is 31.6. The fourth-order valence-corrected chi connectivity index (χ4v) is 9.10. The molecule has 55 heavy (non-hydrogen) atoms. The average Bonchev–Trinajstić information content (AvgIpc) is 3.58. The van der Waals surface area contributed by atoms with Gasteiger partial charge in [0.1, 0.15) is 5.75 Å². The van der Waals surface area contributed by atoms with Gasteiger partial charge < -0.3 is 29.3 Å². The minimum absolute atomic E-state index is 0.00524. The molecule has 4 aliphatic heterocycles. The van der Waals surface area contributed by atoms with Crippen molar-refractivity contribution in [2.75, 3.05) is 31.6 Å². The molecule has 9 rings (SSSR count). The van der Waals surface area contributed by atoms with E-state index in [9.17, 15) is 14.7 Å². The highest BCUT2D eigenvalue weighted by Gasteiger charge is 2.37. The summed E-state index contributed by atoms with van der Waals surface area (Å²) in [7, 11) is 1.76. The molecule has 0 unspecified atom stereocenters. The predicted molar refractivity (Wildman–Crippen MR) is 213 cm³/mol. The van der Waals surface area contributed by atoms with Gasteiger partial charge in [-0.25, -0.2) is 4.79 Å². The minimum Gasteiger partial charge on any atom is -0.508 e. The Bertz CT molecular complexity index is 2290. The van der Waals surface area contributed by atoms with Crippen molar-refractivity contribution >= 4 is 23.5 Å². The third kappa shape index (κ3) is 6.35. The van der Waals surface area contributed by atoms with Crippen LogP contribution in [0.5, 0.6) is 5.75 Å². The zero-order chi connectivity index (χ0) is 37.8. The lowest BCUT2D eigenvalue weighted by Gasteiger charge is -2.43. The monoisotopic (exact) mass is 733 g/mol. The molecule has 1 N–H and O–H groups in total. The highest BCUT2D eigenvalue weighted by atomic mass is 16.3. The van der Waals surface area contributed by atoms with Crippen molar-refractivity contribution in [1.29, 1.82) is 0 Å². The van der Waals surface area contributed by atoms with E-state index < -0.39 is 0 Å². The Labute approximate surface area is 322 Å². The number of hydrogen-bond acceptors (Lipinski definition) is 4. The molecule has 4 amide bonds. The Hall–Kier alpha value is -5.83. The van der Waals surface area contributed by atoms with Crippen LogP contribution in [-0.4, -0.2) is 74.9 Å². The maximum Gasteiger partial charge on any atom is 0.320 e. The summed E-state index contributed by atoms with van der Waals surface area (Å²) in [6.07, 6.45) is 4.22. The number of benzene rings is 4. The molecule has 5 aromatic rings. The molecule has 9 heteroatoms. The van der Waals surface area contributed by atoms with Crippen LogP contribution < -0.4 is 4.90 Å². The van der Waals surface area contributed by atoms with Gasteiger partial charge in [-0.3, -0.25) is 9.59 Å². The normalized spacial score (nSPS) is 17.9. The third-order valence-corrected chi connectivity index (χ3v) is 12.3. The summed E-state index contributed by atoms with van der Waals surface area (Å²) >= 11 is 0. The van der Waals surface area contributed by atoms with Crippen molar-refractivity contribution < 1.29 is 19.5 Å². The Morgan fingerprint density at radius 1 is 0.727 bits per heavy atom. The summed E-state index contributed by atoms with van der Waals surface area (Å²) in [4.78, 5) is 50.5. The van der Waals surface area contributed by atoms with Crippen LogP contribution in [0.4, 0.5) is 10.5 Å². The smallest absolute Gasteiger partial charge is 0.320 e. The van der Waals surface area contributed by atoms with Crippen LogP contribution in [0.15, 0.2) is 97.1 Å². The number of likely N-dealkylation sites (tertiary alicyclic amines) is 1. The molecule has 0 bridgehead atoms. The molecule has 4 aliphatic rings. The summed E-state index contributed by atoms with van der Waals surface area (Å²) in [5, 5.41) is 9.87. The number of anilines is 1. The van der Waals surface area contributed by atoms with E-state index in [1.54, 1.807) is 36.2 Å². The number of fused-ring (bicyclic) bond motifs is 3. The molecule has 0 radical (unpaired) electrons. The number of urea groups is 1. The fraction of sp³-hybridized carbons (Fsp3) is 0.326. The number of amides is 4. The van der Waals surface area contributed by atoms with E-state index in [2.05, 4.69) is 66.1 Å². The summed E-state index contributed by atoms with van der Waals surface area (Å²) in [5.41, 5.74) is 10.5. The lowest BCUT2D eigenvalue weighted by Crippen LogP contribution is -2.54. The number of hydrogen-bond donors (Lipinski definition) is 1. The minimum atomic E-state index is -0.121. The Morgan fingerprint density at radius 3 is 2.25 bits per heavy atom. The molecule has 1 saturated heterocycles. The van der Waals surface area contributed by atoms with Gasteiger partial charge in [0.15, 0.2) is 0 Å². The Balaban J connectivity index is 1.08. The number of phenols is 1. The summed E-state index contributed by atoms with van der Waals surface area (Å²) < 4.78 is 2.26. The highest BCUT2D eigenvalue weighted by molar-refractivity contribution is 6.08. The van der Waals surface area contributed by atoms with Gasteiger partial charge in [0.05, 0.1) is 5.56 Å². The number of rotatable bonds is 5. The molecule has 1 atom stereocenters. The summed E-state index contributed by atoms with van der Waals surface area (Å²) in [6.45, 7) is 5.91. The number of carbonyl (C=O) groups excluding carboxylic acids is 3. The predicted octanol–water partition coefficient (Wildman–Crippen LogP) is 7.64. The maximum atomic E-state index is 15.0. The van der Waals surface area contributed by atoms with E-state index in [0.29, 0.717) is 61.9 Å². The van der Waals surface area contributed by atoms with Gasteiger partial charge in [-0.15, -0.1) is 0 Å². The van der Waals surface area contributed by atoms with Crippen LogP contribution in [0, 0.1) is 0 Å². The van der Waals surface area contributed by atoms with E-state index in [1.165, 1.54) is 16.7 Å². The molecule has 4 aromatic carbocycles. The third-order valence-electron chi connectivity index (χ3n) is 12.3. The van der Waals surface area contributed by atoms with Crippen molar-refractivity contribution in [1.82, 2.24) is 19.3 Å². The first-order chi connectivity index (χ1) is 26.7. The second-order valence-electron chi connectivity index (χ2n) is 15.8. The van der Waals surface area contributed by atoms with Crippen molar-refractivity contribution in [3.63, 3.8) is 0 Å². The van der Waals surface area contributed by atoms with E-state index in [4.69, 9.17) is 0 Å². The van der Waals surface area contributed by atoms with Gasteiger partial charge in [0, 0.05) is 86.5 Å². The van der Waals surface area contributed by atoms with Gasteiger partial charge in [0.2, 0.25) is 0 Å². The molecule has 9 nitrogen and oxygen atoms in total. The largest absolute Gasteiger partial charge is 0.508 e. The van der Waals surface area contributed by atoms with Gasteiger partial charge in [0.25, 0.3) is 11.8 Å². The maximum absolute atomic E-state index is 15.0. The number of phenolic OH excluding ortho intramolecular Hbond substituents is 1. The molecule has 1 fully saturated rings. The van der Waals surface area contributed by atoms with Crippen LogP contribution in [0.1, 0.15) is 79.9 Å². The molecule has 5 heterocycles. The first kappa shape index (κ1) is 34.9. The van der Waals surface area contributed by atoms with E-state index >= 15 is 4.79 Å². The lowest BCUT2D eigenvalue weighted by atomic mass is 9.89. The van der Waals surface area contributed by atoms with Crippen LogP contribution in [0.3, 0.4) is 0 Å². The quantitative estimate of drug-likeness (QED) is 0.201. The van der Waals surface area contributed by atoms with Crippen LogP contribution in [-0.2, 0) is 38.9 Å². The van der Waals surface area contributed by atoms with E-state index in [-0.39, 0.29) is 29.6 Å². The second-order valence-corrected chi connectivity index (χ2v) is 15.8. The molecular formula is C46H47N5O4. The molecule has 0 spiro atoms. The number of aromatic hydroxyl groups is 1. The Morgan fingerprint density at radius 2 is 1.47 bits per heavy atom. The van der Waals surface area contributed by atoms with E-state index in [0.717, 1.165) is 60.3 Å². The number of carbonyl (C=O) groups is 3. The van der Waals surface area contributed by atoms with Gasteiger partial charge in [-0.1, -0.05) is 54.6 Å². The van der Waals surface area contributed by atoms with Crippen molar-refractivity contribution in [3.05, 3.63) is 142 Å². The molecule has 0 aliphatic carbocycles. The first-order valence-electron chi connectivity index (χ1n) is 19.7. The standard InChI is InChI=1S/C46H47N5O4/c1-30-22-32-12-6-7-13-34(32)29-51(30)45(54)40-24-35-26-48(46(55)49-27-36(28-49)31-10-4-3-5-11-31)21-19-33(35)23-39(40)43-25-41(42-14-8-9-20-50(42)43)44(53)47(2)37-15-17-38(52)18-16-37/h3-7,10-13,15-18,23-25,30,36,52H,8-9,14,19-22,26-29H2,1-2H3/t30-/m1/s1. The van der Waals surface area contributed by atoms with Gasteiger partial charge in [-0.2, -0.15) is 0 Å². The molecule has 1 aromatic heterocycles. The van der Waals surface area contributed by atoms with Crippen LogP contribution >= 0.6 is 0 Å². The lowest BCUT2D eigenvalue weighted by molar-refractivity contribution is 0.0658. The second kappa shape index (κ2) is 14.1. The first-order valence-corrected chi connectivity index (χ1v) is 19.7. The van der Waals surface area contributed by atoms with Gasteiger partial charge >= 0.3 is 6.03 Å². The molecule has 280 valence electrons. The number of aromatic nitrogens is 1. The average molecular weight is 734 g/mol. The van der Waals surface area contributed by atoms with Crippen molar-refractivity contribution in [3.8, 4) is 17.0 Å². The fourth-order valence-electron chi connectivity index (χ4n) is 9.10. The summed E-state index contributed by atoms with van der Waals surface area (Å²) in [5.74, 6) is 0.353. The van der Waals surface area contributed by atoms with Crippen molar-refractivity contribution in [2.24, 2.45) is 0 Å².